The van der Waals surface area contributed by atoms with Gasteiger partial charge in [-0.3, -0.25) is 9.36 Å². The highest BCUT2D eigenvalue weighted by atomic mass is 32.2. The quantitative estimate of drug-likeness (QED) is 0.352. The van der Waals surface area contributed by atoms with Crippen LogP contribution < -0.4 is 10.1 Å². The van der Waals surface area contributed by atoms with Crippen molar-refractivity contribution in [2.75, 3.05) is 12.3 Å². The number of aromatic nitrogens is 3. The zero-order valence-corrected chi connectivity index (χ0v) is 19.3. The van der Waals surface area contributed by atoms with Gasteiger partial charge in [0, 0.05) is 12.2 Å². The Morgan fingerprint density at radius 3 is 2.48 bits per heavy atom. The maximum atomic E-state index is 12.3. The summed E-state index contributed by atoms with van der Waals surface area (Å²) in [7, 11) is 0. The summed E-state index contributed by atoms with van der Waals surface area (Å²) in [4.78, 5) is 12.3. The molecule has 0 aliphatic heterocycles. The topological polar surface area (TPSA) is 69.0 Å². The van der Waals surface area contributed by atoms with Crippen LogP contribution in [0.1, 0.15) is 16.7 Å². The molecular formula is C26H26N4O2S. The molecule has 0 saturated heterocycles. The molecule has 0 atom stereocenters. The molecule has 0 fully saturated rings. The van der Waals surface area contributed by atoms with Crippen LogP contribution in [0, 0.1) is 6.92 Å². The molecule has 1 heterocycles. The fourth-order valence-corrected chi connectivity index (χ4v) is 3.98. The summed E-state index contributed by atoms with van der Waals surface area (Å²) in [6, 6.07) is 26.2. The molecule has 0 saturated carbocycles. The third-order valence-electron chi connectivity index (χ3n) is 5.07. The molecule has 0 aliphatic carbocycles. The van der Waals surface area contributed by atoms with E-state index in [4.69, 9.17) is 4.74 Å². The number of hydrogen-bond acceptors (Lipinski definition) is 5. The van der Waals surface area contributed by atoms with E-state index < -0.39 is 0 Å². The molecule has 1 N–H and O–H groups in total. The Labute approximate surface area is 198 Å². The second-order valence-electron chi connectivity index (χ2n) is 7.63. The average molecular weight is 459 g/mol. The van der Waals surface area contributed by atoms with Crippen molar-refractivity contribution in [1.29, 1.82) is 0 Å². The minimum atomic E-state index is -0.0266. The van der Waals surface area contributed by atoms with Gasteiger partial charge in [0.2, 0.25) is 5.91 Å². The first-order valence-electron chi connectivity index (χ1n) is 10.8. The van der Waals surface area contributed by atoms with E-state index in [1.54, 1.807) is 6.33 Å². The molecule has 6 nitrogen and oxygen atoms in total. The minimum absolute atomic E-state index is 0.0266. The maximum absolute atomic E-state index is 12.3. The summed E-state index contributed by atoms with van der Waals surface area (Å²) in [6.07, 6.45) is 2.42. The van der Waals surface area contributed by atoms with Crippen molar-refractivity contribution in [2.45, 2.75) is 25.1 Å². The van der Waals surface area contributed by atoms with Crippen molar-refractivity contribution >= 4 is 17.7 Å². The first-order valence-corrected chi connectivity index (χ1v) is 11.8. The smallest absolute Gasteiger partial charge is 0.230 e. The van der Waals surface area contributed by atoms with Crippen LogP contribution in [0.2, 0.25) is 0 Å². The third kappa shape index (κ3) is 6.70. The van der Waals surface area contributed by atoms with E-state index in [1.807, 2.05) is 90.4 Å². The van der Waals surface area contributed by atoms with E-state index in [1.165, 1.54) is 17.3 Å². The molecule has 0 aliphatic rings. The Bertz CT molecular complexity index is 1160. The van der Waals surface area contributed by atoms with Gasteiger partial charge >= 0.3 is 0 Å². The second-order valence-corrected chi connectivity index (χ2v) is 8.57. The Morgan fingerprint density at radius 1 is 0.970 bits per heavy atom. The van der Waals surface area contributed by atoms with Crippen LogP contribution in [0.3, 0.4) is 0 Å². The van der Waals surface area contributed by atoms with E-state index in [9.17, 15) is 4.79 Å². The third-order valence-corrected chi connectivity index (χ3v) is 6.01. The van der Waals surface area contributed by atoms with Gasteiger partial charge in [0.25, 0.3) is 0 Å². The van der Waals surface area contributed by atoms with E-state index in [2.05, 4.69) is 15.5 Å². The molecule has 1 aromatic heterocycles. The van der Waals surface area contributed by atoms with Gasteiger partial charge in [0.15, 0.2) is 5.16 Å². The normalized spacial score (nSPS) is 10.7. The van der Waals surface area contributed by atoms with Gasteiger partial charge in [0.05, 0.1) is 5.75 Å². The summed E-state index contributed by atoms with van der Waals surface area (Å²) in [6.45, 7) is 3.17. The average Bonchev–Trinajstić information content (AvgIpc) is 3.32. The van der Waals surface area contributed by atoms with Gasteiger partial charge in [-0.15, -0.1) is 10.2 Å². The lowest BCUT2D eigenvalue weighted by Crippen LogP contribution is -2.27. The summed E-state index contributed by atoms with van der Waals surface area (Å²) in [5.41, 5.74) is 4.45. The Morgan fingerprint density at radius 2 is 1.73 bits per heavy atom. The maximum Gasteiger partial charge on any atom is 0.230 e. The van der Waals surface area contributed by atoms with E-state index in [0.717, 1.165) is 29.0 Å². The van der Waals surface area contributed by atoms with Crippen molar-refractivity contribution in [3.8, 4) is 11.4 Å². The van der Waals surface area contributed by atoms with Crippen LogP contribution in [0.5, 0.6) is 5.75 Å². The first kappa shape index (κ1) is 22.6. The van der Waals surface area contributed by atoms with Crippen molar-refractivity contribution in [3.05, 3.63) is 102 Å². The van der Waals surface area contributed by atoms with Gasteiger partial charge in [0.1, 0.15) is 18.7 Å². The fourth-order valence-electron chi connectivity index (χ4n) is 3.23. The van der Waals surface area contributed by atoms with Gasteiger partial charge in [-0.2, -0.15) is 0 Å². The number of rotatable bonds is 10. The van der Waals surface area contributed by atoms with Crippen LogP contribution in [-0.4, -0.2) is 33.0 Å². The van der Waals surface area contributed by atoms with Gasteiger partial charge in [-0.1, -0.05) is 71.9 Å². The highest BCUT2D eigenvalue weighted by Gasteiger charge is 2.10. The van der Waals surface area contributed by atoms with E-state index in [-0.39, 0.29) is 11.7 Å². The molecule has 7 heteroatoms. The molecular weight excluding hydrogens is 432 g/mol. The molecule has 4 rings (SSSR count). The predicted octanol–water partition coefficient (Wildman–Crippen LogP) is 4.61. The standard InChI is InChI=1S/C26H26N4O2S/c1-20-7-11-23(12-8-20)30-19-28-29-26(30)33-18-25(31)27-16-15-21-9-13-24(14-10-21)32-17-22-5-3-2-4-6-22/h2-14,19H,15-18H2,1H3,(H,27,31). The first-order chi connectivity index (χ1) is 16.2. The van der Waals surface area contributed by atoms with Crippen molar-refractivity contribution in [1.82, 2.24) is 20.1 Å². The number of carbonyl (C=O) groups excluding carboxylic acids is 1. The van der Waals surface area contributed by atoms with Crippen molar-refractivity contribution in [2.24, 2.45) is 0 Å². The molecule has 1 amide bonds. The lowest BCUT2D eigenvalue weighted by atomic mass is 10.1. The van der Waals surface area contributed by atoms with Gasteiger partial charge in [-0.25, -0.2) is 0 Å². The zero-order chi connectivity index (χ0) is 22.9. The number of nitrogens with zero attached hydrogens (tertiary/aromatic N) is 3. The number of amides is 1. The second kappa shape index (κ2) is 11.3. The number of hydrogen-bond donors (Lipinski definition) is 1. The SMILES string of the molecule is Cc1ccc(-n2cnnc2SCC(=O)NCCc2ccc(OCc3ccccc3)cc2)cc1. The molecule has 0 radical (unpaired) electrons. The molecule has 0 bridgehead atoms. The lowest BCUT2D eigenvalue weighted by molar-refractivity contribution is -0.118. The Kier molecular flexibility index (Phi) is 7.76. The zero-order valence-electron chi connectivity index (χ0n) is 18.5. The van der Waals surface area contributed by atoms with E-state index in [0.29, 0.717) is 18.3 Å². The number of carbonyl (C=O) groups is 1. The molecule has 0 unspecified atom stereocenters. The molecule has 168 valence electrons. The molecule has 3 aromatic carbocycles. The van der Waals surface area contributed by atoms with E-state index >= 15 is 0 Å². The number of aryl methyl sites for hydroxylation is 1. The largest absolute Gasteiger partial charge is 0.489 e. The predicted molar refractivity (Wildman–Crippen MR) is 131 cm³/mol. The van der Waals surface area contributed by atoms with Crippen molar-refractivity contribution in [3.63, 3.8) is 0 Å². The number of thioether (sulfide) groups is 1. The highest BCUT2D eigenvalue weighted by Crippen LogP contribution is 2.19. The van der Waals surface area contributed by atoms with Crippen LogP contribution >= 0.6 is 11.8 Å². The summed E-state index contributed by atoms with van der Waals surface area (Å²) in [5.74, 6) is 1.10. The Hall–Kier alpha value is -3.58. The molecule has 4 aromatic rings. The number of nitrogens with one attached hydrogen (secondary N) is 1. The van der Waals surface area contributed by atoms with Crippen LogP contribution in [0.15, 0.2) is 90.3 Å². The fraction of sp³-hybridized carbons (Fsp3) is 0.192. The number of ether oxygens (including phenoxy) is 1. The summed E-state index contributed by atoms with van der Waals surface area (Å²) >= 11 is 1.37. The Balaban J connectivity index is 1.19. The minimum Gasteiger partial charge on any atom is -0.489 e. The summed E-state index contributed by atoms with van der Waals surface area (Å²) in [5, 5.41) is 11.8. The molecule has 33 heavy (non-hydrogen) atoms. The number of benzene rings is 3. The highest BCUT2D eigenvalue weighted by molar-refractivity contribution is 7.99. The summed E-state index contributed by atoms with van der Waals surface area (Å²) < 4.78 is 7.71. The van der Waals surface area contributed by atoms with Gasteiger partial charge < -0.3 is 10.1 Å². The van der Waals surface area contributed by atoms with Gasteiger partial charge in [-0.05, 0) is 48.7 Å². The van der Waals surface area contributed by atoms with Crippen LogP contribution in [0.4, 0.5) is 0 Å². The lowest BCUT2D eigenvalue weighted by Gasteiger charge is -2.09. The van der Waals surface area contributed by atoms with Crippen molar-refractivity contribution < 1.29 is 9.53 Å². The van der Waals surface area contributed by atoms with Crippen LogP contribution in [-0.2, 0) is 17.8 Å². The monoisotopic (exact) mass is 458 g/mol. The van der Waals surface area contributed by atoms with Crippen LogP contribution in [0.25, 0.3) is 5.69 Å². The molecule has 0 spiro atoms.